The molecule has 0 radical (unpaired) electrons. The Bertz CT molecular complexity index is 1250. The highest BCUT2D eigenvalue weighted by Gasteiger charge is 2.04. The molecule has 0 fully saturated rings. The average Bonchev–Trinajstić information content (AvgIpc) is 3.15. The lowest BCUT2D eigenvalue weighted by molar-refractivity contribution is 0.131. The molecular formula is C21H19FN2O5. The molecule has 0 bridgehead atoms. The van der Waals surface area contributed by atoms with Crippen molar-refractivity contribution in [2.24, 2.45) is 0 Å². The number of methoxy groups -OCH3 is 1. The van der Waals surface area contributed by atoms with Gasteiger partial charge in [0.25, 0.3) is 11.1 Å². The molecule has 29 heavy (non-hydrogen) atoms. The van der Waals surface area contributed by atoms with Gasteiger partial charge in [-0.25, -0.2) is 4.39 Å². The van der Waals surface area contributed by atoms with Gasteiger partial charge in [0.05, 0.1) is 13.7 Å². The Hall–Kier alpha value is -3.65. The van der Waals surface area contributed by atoms with E-state index in [4.69, 9.17) is 13.9 Å². The zero-order valence-corrected chi connectivity index (χ0v) is 15.7. The normalized spacial score (nSPS) is 12.3. The largest absolute Gasteiger partial charge is 0.497 e. The second kappa shape index (κ2) is 9.03. The number of aromatic nitrogens is 2. The van der Waals surface area contributed by atoms with Crippen LogP contribution in [0.15, 0.2) is 57.0 Å². The van der Waals surface area contributed by atoms with E-state index in [-0.39, 0.29) is 22.9 Å². The predicted molar refractivity (Wildman–Crippen MR) is 106 cm³/mol. The first-order chi connectivity index (χ1) is 14.0. The van der Waals surface area contributed by atoms with E-state index in [1.807, 2.05) is 0 Å². The monoisotopic (exact) mass is 398 g/mol. The number of ether oxygens (including phenoxy) is 2. The van der Waals surface area contributed by atoms with E-state index in [9.17, 15) is 14.0 Å². The molecule has 2 aromatic heterocycles. The smallest absolute Gasteiger partial charge is 0.272 e. The molecule has 150 valence electrons. The Morgan fingerprint density at radius 2 is 1.83 bits per heavy atom. The Labute approximate surface area is 164 Å². The van der Waals surface area contributed by atoms with Crippen LogP contribution in [-0.2, 0) is 11.3 Å². The molecule has 7 nitrogen and oxygen atoms in total. The summed E-state index contributed by atoms with van der Waals surface area (Å²) in [6, 6.07) is 7.45. The van der Waals surface area contributed by atoms with Crippen LogP contribution < -0.4 is 26.6 Å². The Morgan fingerprint density at radius 1 is 1.10 bits per heavy atom. The second-order valence-electron chi connectivity index (χ2n) is 6.02. The number of hydrogen-bond donors (Lipinski definition) is 2. The summed E-state index contributed by atoms with van der Waals surface area (Å²) in [6.45, 7) is 4.20. The lowest BCUT2D eigenvalue weighted by atomic mass is 10.2. The summed E-state index contributed by atoms with van der Waals surface area (Å²) in [4.78, 5) is 29.6. The lowest BCUT2D eigenvalue weighted by Crippen LogP contribution is -2.46. The summed E-state index contributed by atoms with van der Waals surface area (Å²) in [5.41, 5.74) is -1.03. The maximum absolute atomic E-state index is 14.0. The van der Waals surface area contributed by atoms with Crippen molar-refractivity contribution in [3.05, 3.63) is 97.3 Å². The molecule has 0 atom stereocenters. The maximum atomic E-state index is 14.0. The number of nitrogens with one attached hydrogen (secondary N) is 2. The van der Waals surface area contributed by atoms with Gasteiger partial charge >= 0.3 is 0 Å². The Balaban J connectivity index is 1.96. The van der Waals surface area contributed by atoms with E-state index < -0.39 is 16.9 Å². The summed E-state index contributed by atoms with van der Waals surface area (Å²) >= 11 is 0. The number of rotatable bonds is 7. The van der Waals surface area contributed by atoms with Crippen LogP contribution in [0.25, 0.3) is 12.2 Å². The van der Waals surface area contributed by atoms with Crippen molar-refractivity contribution >= 4 is 12.2 Å². The molecule has 2 N–H and O–H groups in total. The molecule has 0 aliphatic rings. The van der Waals surface area contributed by atoms with Gasteiger partial charge < -0.3 is 23.9 Å². The van der Waals surface area contributed by atoms with Crippen LogP contribution in [0.5, 0.6) is 5.75 Å². The first kappa shape index (κ1) is 20.1. The maximum Gasteiger partial charge on any atom is 0.272 e. The number of H-pyrrole nitrogens is 2. The minimum Gasteiger partial charge on any atom is -0.497 e. The van der Waals surface area contributed by atoms with Crippen LogP contribution in [0, 0.1) is 5.82 Å². The van der Waals surface area contributed by atoms with Gasteiger partial charge in [0.2, 0.25) is 0 Å². The molecule has 8 heteroatoms. The topological polar surface area (TPSA) is 97.3 Å². The van der Waals surface area contributed by atoms with Crippen molar-refractivity contribution in [2.45, 2.75) is 6.61 Å². The molecule has 0 aliphatic carbocycles. The summed E-state index contributed by atoms with van der Waals surface area (Å²) in [5, 5.41) is -0.0802. The van der Waals surface area contributed by atoms with E-state index in [0.29, 0.717) is 23.9 Å². The molecular weight excluding hydrogens is 379 g/mol. The van der Waals surface area contributed by atoms with Gasteiger partial charge in [0.1, 0.15) is 40.4 Å². The predicted octanol–water partition coefficient (Wildman–Crippen LogP) is 1.16. The van der Waals surface area contributed by atoms with Crippen molar-refractivity contribution in [2.75, 3.05) is 13.7 Å². The number of halogens is 1. The molecule has 0 amide bonds. The van der Waals surface area contributed by atoms with Crippen LogP contribution in [0.2, 0.25) is 0 Å². The lowest BCUT2D eigenvalue weighted by Gasteiger charge is -2.01. The molecule has 3 rings (SSSR count). The van der Waals surface area contributed by atoms with Crippen molar-refractivity contribution in [3.8, 4) is 5.75 Å². The minimum atomic E-state index is -0.584. The molecule has 0 saturated heterocycles. The van der Waals surface area contributed by atoms with Crippen molar-refractivity contribution in [3.63, 3.8) is 0 Å². The van der Waals surface area contributed by atoms with Gasteiger partial charge in [0.15, 0.2) is 0 Å². The minimum absolute atomic E-state index is 0.00572. The van der Waals surface area contributed by atoms with Crippen molar-refractivity contribution in [1.82, 2.24) is 9.97 Å². The second-order valence-corrected chi connectivity index (χ2v) is 6.02. The fraction of sp³-hybridized carbons (Fsp3) is 0.143. The summed E-state index contributed by atoms with van der Waals surface area (Å²) in [5.74, 6) is 0.810. The SMILES string of the molecule is C=CCOCc1ccc(/C=c2\[nH]c(=O)/c(=C/c3cc(OC)ccc3F)[nH]c2=O)o1. The van der Waals surface area contributed by atoms with E-state index in [1.165, 1.54) is 37.5 Å². The van der Waals surface area contributed by atoms with Crippen LogP contribution in [0.3, 0.4) is 0 Å². The molecule has 1 aromatic carbocycles. The van der Waals surface area contributed by atoms with Crippen molar-refractivity contribution < 1.29 is 18.3 Å². The van der Waals surface area contributed by atoms with Crippen LogP contribution >= 0.6 is 0 Å². The van der Waals surface area contributed by atoms with E-state index in [0.717, 1.165) is 0 Å². The van der Waals surface area contributed by atoms with Gasteiger partial charge in [-0.3, -0.25) is 9.59 Å². The van der Waals surface area contributed by atoms with Crippen molar-refractivity contribution in [1.29, 1.82) is 0 Å². The Kier molecular flexibility index (Phi) is 6.25. The molecule has 0 unspecified atom stereocenters. The highest BCUT2D eigenvalue weighted by Crippen LogP contribution is 2.16. The van der Waals surface area contributed by atoms with Crippen LogP contribution in [0.1, 0.15) is 17.1 Å². The standard InChI is InChI=1S/C21H19FN2O5/c1-3-8-28-12-16-5-4-15(29-16)11-19-21(26)23-18(20(25)24-19)10-13-9-14(27-2)6-7-17(13)22/h3-7,9-11H,1,8,12H2,2H3,(H,23,26)(H,24,25)/b18-10-,19-11-. The van der Waals surface area contributed by atoms with Crippen LogP contribution in [0.4, 0.5) is 4.39 Å². The number of benzene rings is 1. The molecule has 0 aliphatic heterocycles. The van der Waals surface area contributed by atoms with Gasteiger partial charge in [-0.05, 0) is 36.4 Å². The first-order valence-corrected chi connectivity index (χ1v) is 8.67. The highest BCUT2D eigenvalue weighted by atomic mass is 19.1. The third-order valence-corrected chi connectivity index (χ3v) is 3.94. The fourth-order valence-electron chi connectivity index (χ4n) is 2.55. The first-order valence-electron chi connectivity index (χ1n) is 8.67. The summed E-state index contributed by atoms with van der Waals surface area (Å²) in [7, 11) is 1.45. The Morgan fingerprint density at radius 3 is 2.52 bits per heavy atom. The van der Waals surface area contributed by atoms with Gasteiger partial charge in [-0.1, -0.05) is 6.08 Å². The zero-order chi connectivity index (χ0) is 20.8. The van der Waals surface area contributed by atoms with E-state index in [2.05, 4.69) is 16.5 Å². The summed E-state index contributed by atoms with van der Waals surface area (Å²) < 4.78 is 29.8. The molecule has 3 aromatic rings. The van der Waals surface area contributed by atoms with Gasteiger partial charge in [-0.15, -0.1) is 6.58 Å². The number of aromatic amines is 2. The van der Waals surface area contributed by atoms with Crippen LogP contribution in [-0.4, -0.2) is 23.7 Å². The zero-order valence-electron chi connectivity index (χ0n) is 15.7. The highest BCUT2D eigenvalue weighted by molar-refractivity contribution is 5.51. The average molecular weight is 398 g/mol. The number of hydrogen-bond acceptors (Lipinski definition) is 5. The summed E-state index contributed by atoms with van der Waals surface area (Å²) in [6.07, 6.45) is 4.26. The van der Waals surface area contributed by atoms with Gasteiger partial charge in [-0.2, -0.15) is 0 Å². The molecule has 0 saturated carbocycles. The quantitative estimate of drug-likeness (QED) is 0.460. The van der Waals surface area contributed by atoms with E-state index in [1.54, 1.807) is 18.2 Å². The third kappa shape index (κ3) is 4.99. The molecule has 0 spiro atoms. The molecule has 2 heterocycles. The van der Waals surface area contributed by atoms with Gasteiger partial charge in [0, 0.05) is 11.6 Å². The number of furan rings is 1. The third-order valence-electron chi connectivity index (χ3n) is 3.94. The van der Waals surface area contributed by atoms with E-state index >= 15 is 0 Å². The fourth-order valence-corrected chi connectivity index (χ4v) is 2.55.